The van der Waals surface area contributed by atoms with Gasteiger partial charge >= 0.3 is 6.03 Å². The molecule has 0 spiro atoms. The Morgan fingerprint density at radius 3 is 2.73 bits per heavy atom. The van der Waals surface area contributed by atoms with Crippen molar-refractivity contribution < 1.29 is 9.18 Å². The topological polar surface area (TPSA) is 102 Å². The number of primary amides is 1. The third kappa shape index (κ3) is 3.82. The number of pyridine rings is 2. The standard InChI is InChI=1S/C24H23BrFN5O2/c1-3-31-19-12-21(28-2)29-13-14(19)10-17(22(31)32)24(9-5-4-6-20(24)26)16-11-15(30-23(27)33)7-8-18(16)25/h4-13,20H,3H2,1-2H3,(H,28,29)(H3,27,30,33). The summed E-state index contributed by atoms with van der Waals surface area (Å²) in [5, 5.41) is 6.22. The quantitative estimate of drug-likeness (QED) is 0.470. The second-order valence-corrected chi connectivity index (χ2v) is 8.54. The van der Waals surface area contributed by atoms with Gasteiger partial charge in [0, 0.05) is 47.0 Å². The lowest BCUT2D eigenvalue weighted by atomic mass is 9.69. The summed E-state index contributed by atoms with van der Waals surface area (Å²) in [6, 6.07) is 7.74. The van der Waals surface area contributed by atoms with Crippen LogP contribution in [0, 0.1) is 0 Å². The van der Waals surface area contributed by atoms with Gasteiger partial charge in [0.1, 0.15) is 12.0 Å². The van der Waals surface area contributed by atoms with Gasteiger partial charge in [-0.1, -0.05) is 34.2 Å². The summed E-state index contributed by atoms with van der Waals surface area (Å²) in [4.78, 5) is 29.6. The molecule has 170 valence electrons. The zero-order valence-corrected chi connectivity index (χ0v) is 19.7. The number of hydrogen-bond donors (Lipinski definition) is 3. The first-order chi connectivity index (χ1) is 15.8. The number of amides is 2. The second-order valence-electron chi connectivity index (χ2n) is 7.68. The maximum atomic E-state index is 15.9. The molecule has 2 atom stereocenters. The molecular formula is C24H23BrFN5O2. The van der Waals surface area contributed by atoms with E-state index in [0.717, 1.165) is 0 Å². The number of hydrogen-bond acceptors (Lipinski definition) is 4. The number of fused-ring (bicyclic) bond motifs is 1. The smallest absolute Gasteiger partial charge is 0.316 e. The van der Waals surface area contributed by atoms with Gasteiger partial charge in [-0.15, -0.1) is 0 Å². The highest BCUT2D eigenvalue weighted by atomic mass is 79.9. The Morgan fingerprint density at radius 1 is 1.27 bits per heavy atom. The Morgan fingerprint density at radius 2 is 2.06 bits per heavy atom. The van der Waals surface area contributed by atoms with E-state index < -0.39 is 17.6 Å². The Hall–Kier alpha value is -3.46. The molecule has 4 N–H and O–H groups in total. The summed E-state index contributed by atoms with van der Waals surface area (Å²) >= 11 is 3.52. The van der Waals surface area contributed by atoms with Crippen LogP contribution in [0.15, 0.2) is 70.1 Å². The monoisotopic (exact) mass is 511 g/mol. The Bertz CT molecular complexity index is 1370. The minimum absolute atomic E-state index is 0.265. The van der Waals surface area contributed by atoms with Crippen LogP contribution in [-0.2, 0) is 12.0 Å². The number of nitrogens with one attached hydrogen (secondary N) is 2. The molecular weight excluding hydrogens is 489 g/mol. The third-order valence-corrected chi connectivity index (χ3v) is 6.55. The lowest BCUT2D eigenvalue weighted by molar-refractivity contribution is 0.259. The second kappa shape index (κ2) is 8.82. The lowest BCUT2D eigenvalue weighted by Crippen LogP contribution is -2.43. The SMILES string of the molecule is CCn1c(=O)c(C2(c3cc(NC(N)=O)ccc3Br)C=CC=CC2F)cc2cnc(NC)cc21. The van der Waals surface area contributed by atoms with Gasteiger partial charge in [0.25, 0.3) is 5.56 Å². The lowest BCUT2D eigenvalue weighted by Gasteiger charge is -2.36. The number of halogens is 2. The molecule has 1 aliphatic rings. The summed E-state index contributed by atoms with van der Waals surface area (Å²) in [5.74, 6) is 0.628. The number of nitrogens with zero attached hydrogens (tertiary/aromatic N) is 2. The average Bonchev–Trinajstić information content (AvgIpc) is 2.80. The van der Waals surface area contributed by atoms with Crippen molar-refractivity contribution in [3.8, 4) is 0 Å². The Balaban J connectivity index is 2.07. The van der Waals surface area contributed by atoms with Crippen LogP contribution in [0.25, 0.3) is 10.9 Å². The van der Waals surface area contributed by atoms with Gasteiger partial charge in [-0.25, -0.2) is 14.2 Å². The van der Waals surface area contributed by atoms with Crippen LogP contribution in [0.1, 0.15) is 18.1 Å². The minimum atomic E-state index is -1.54. The fraction of sp³-hybridized carbons (Fsp3) is 0.208. The Labute approximate surface area is 198 Å². The molecule has 1 aliphatic carbocycles. The van der Waals surface area contributed by atoms with E-state index in [1.165, 1.54) is 6.08 Å². The molecule has 9 heteroatoms. The Kier molecular flexibility index (Phi) is 6.07. The molecule has 1 aromatic carbocycles. The number of allylic oxidation sites excluding steroid dienone is 4. The molecule has 2 unspecified atom stereocenters. The van der Waals surface area contributed by atoms with Crippen molar-refractivity contribution in [1.82, 2.24) is 9.55 Å². The number of nitrogens with two attached hydrogens (primary N) is 1. The highest BCUT2D eigenvalue weighted by molar-refractivity contribution is 9.10. The highest BCUT2D eigenvalue weighted by Crippen LogP contribution is 2.44. The normalized spacial score (nSPS) is 19.6. The first-order valence-electron chi connectivity index (χ1n) is 10.4. The predicted molar refractivity (Wildman–Crippen MR) is 133 cm³/mol. The number of carbonyl (C=O) groups is 1. The van der Waals surface area contributed by atoms with Gasteiger partial charge < -0.3 is 20.9 Å². The molecule has 2 aromatic heterocycles. The molecule has 0 bridgehead atoms. The van der Waals surface area contributed by atoms with Gasteiger partial charge in [-0.2, -0.15) is 0 Å². The maximum absolute atomic E-state index is 15.9. The predicted octanol–water partition coefficient (Wildman–Crippen LogP) is 4.46. The number of aromatic nitrogens is 2. The first-order valence-corrected chi connectivity index (χ1v) is 11.2. The molecule has 0 saturated carbocycles. The molecule has 0 radical (unpaired) electrons. The number of anilines is 2. The van der Waals surface area contributed by atoms with Crippen molar-refractivity contribution >= 4 is 44.4 Å². The average molecular weight is 512 g/mol. The van der Waals surface area contributed by atoms with Crippen molar-refractivity contribution in [2.75, 3.05) is 17.7 Å². The summed E-state index contributed by atoms with van der Waals surface area (Å²) < 4.78 is 18.1. The van der Waals surface area contributed by atoms with Crippen LogP contribution in [0.2, 0.25) is 0 Å². The maximum Gasteiger partial charge on any atom is 0.316 e. The third-order valence-electron chi connectivity index (χ3n) is 5.86. The van der Waals surface area contributed by atoms with Crippen LogP contribution in [0.4, 0.5) is 20.7 Å². The molecule has 3 aromatic rings. The molecule has 33 heavy (non-hydrogen) atoms. The molecule has 7 nitrogen and oxygen atoms in total. The van der Waals surface area contributed by atoms with E-state index in [1.54, 1.807) is 66.4 Å². The van der Waals surface area contributed by atoms with Gasteiger partial charge in [-0.3, -0.25) is 4.79 Å². The highest BCUT2D eigenvalue weighted by Gasteiger charge is 2.44. The first kappa shape index (κ1) is 22.7. The van der Waals surface area contributed by atoms with Crippen molar-refractivity contribution in [3.63, 3.8) is 0 Å². The van der Waals surface area contributed by atoms with Crippen LogP contribution < -0.4 is 21.9 Å². The van der Waals surface area contributed by atoms with E-state index in [1.807, 2.05) is 6.92 Å². The number of carbonyl (C=O) groups excluding carboxylic acids is 1. The van der Waals surface area contributed by atoms with Crippen LogP contribution in [0.5, 0.6) is 0 Å². The van der Waals surface area contributed by atoms with Gasteiger partial charge in [0.2, 0.25) is 0 Å². The molecule has 4 rings (SSSR count). The molecule has 2 heterocycles. The number of alkyl halides is 1. The molecule has 0 aliphatic heterocycles. The van der Waals surface area contributed by atoms with E-state index in [-0.39, 0.29) is 11.1 Å². The number of aryl methyl sites for hydroxylation is 1. The van der Waals surface area contributed by atoms with Crippen LogP contribution >= 0.6 is 15.9 Å². The zero-order chi connectivity index (χ0) is 23.8. The van der Waals surface area contributed by atoms with E-state index in [9.17, 15) is 9.59 Å². The van der Waals surface area contributed by atoms with Gasteiger partial charge in [0.15, 0.2) is 0 Å². The summed E-state index contributed by atoms with van der Waals surface area (Å²) in [6.07, 6.45) is 6.57. The molecule has 2 amide bonds. The van der Waals surface area contributed by atoms with Crippen LogP contribution in [-0.4, -0.2) is 28.8 Å². The van der Waals surface area contributed by atoms with Crippen molar-refractivity contribution in [3.05, 3.63) is 86.8 Å². The minimum Gasteiger partial charge on any atom is -0.373 e. The number of benzene rings is 1. The summed E-state index contributed by atoms with van der Waals surface area (Å²) in [6.45, 7) is 2.26. The fourth-order valence-corrected chi connectivity index (χ4v) is 4.89. The molecule has 0 fully saturated rings. The van der Waals surface area contributed by atoms with E-state index in [2.05, 4.69) is 31.5 Å². The van der Waals surface area contributed by atoms with Gasteiger partial charge in [-0.05, 0) is 42.8 Å². The van der Waals surface area contributed by atoms with Crippen LogP contribution in [0.3, 0.4) is 0 Å². The largest absolute Gasteiger partial charge is 0.373 e. The van der Waals surface area contributed by atoms with Crippen molar-refractivity contribution in [2.45, 2.75) is 25.1 Å². The summed E-state index contributed by atoms with van der Waals surface area (Å²) in [7, 11) is 1.75. The number of urea groups is 1. The number of rotatable bonds is 5. The van der Waals surface area contributed by atoms with E-state index in [4.69, 9.17) is 5.73 Å². The fourth-order valence-electron chi connectivity index (χ4n) is 4.32. The van der Waals surface area contributed by atoms with Gasteiger partial charge in [0.05, 0.1) is 10.9 Å². The zero-order valence-electron chi connectivity index (χ0n) is 18.1. The molecule has 0 saturated heterocycles. The van der Waals surface area contributed by atoms with Crippen molar-refractivity contribution in [1.29, 1.82) is 0 Å². The van der Waals surface area contributed by atoms with Crippen molar-refractivity contribution in [2.24, 2.45) is 5.73 Å². The summed E-state index contributed by atoms with van der Waals surface area (Å²) in [5.41, 5.74) is 5.39. The van der Waals surface area contributed by atoms with E-state index in [0.29, 0.717) is 39.0 Å². The van der Waals surface area contributed by atoms with E-state index >= 15 is 4.39 Å².